The largest absolute Gasteiger partial charge is 0.469 e. The molecule has 2 N–H and O–H groups in total. The van der Waals surface area contributed by atoms with E-state index in [2.05, 4.69) is 15.6 Å². The van der Waals surface area contributed by atoms with Gasteiger partial charge >= 0.3 is 6.18 Å². The molecule has 0 unspecified atom stereocenters. The molecule has 0 fully saturated rings. The van der Waals surface area contributed by atoms with Gasteiger partial charge in [0, 0.05) is 32.5 Å². The molecule has 0 aromatic carbocycles. The first-order chi connectivity index (χ1) is 10.5. The molecule has 0 bridgehead atoms. The zero-order chi connectivity index (χ0) is 16.3. The van der Waals surface area contributed by atoms with Crippen LogP contribution >= 0.6 is 0 Å². The van der Waals surface area contributed by atoms with Gasteiger partial charge in [-0.1, -0.05) is 6.92 Å². The minimum absolute atomic E-state index is 0.129. The molecule has 0 atom stereocenters. The maximum absolute atomic E-state index is 12.0. The average Bonchev–Trinajstić information content (AvgIpc) is 2.95. The Hall–Kier alpha value is -1.66. The number of nitrogens with one attached hydrogen (secondary N) is 2. The molecule has 126 valence electrons. The van der Waals surface area contributed by atoms with Gasteiger partial charge in [-0.25, -0.2) is 0 Å². The van der Waals surface area contributed by atoms with Crippen molar-refractivity contribution in [2.75, 3.05) is 19.6 Å². The van der Waals surface area contributed by atoms with E-state index < -0.39 is 12.6 Å². The summed E-state index contributed by atoms with van der Waals surface area (Å²) in [5, 5.41) is 6.22. The Bertz CT molecular complexity index is 416. The van der Waals surface area contributed by atoms with Crippen molar-refractivity contribution < 1.29 is 17.6 Å². The van der Waals surface area contributed by atoms with E-state index in [9.17, 15) is 13.2 Å². The van der Waals surface area contributed by atoms with Gasteiger partial charge in [-0.3, -0.25) is 4.99 Å². The molecule has 0 saturated heterocycles. The summed E-state index contributed by atoms with van der Waals surface area (Å²) in [5.74, 6) is 1.52. The van der Waals surface area contributed by atoms with Crippen LogP contribution in [-0.2, 0) is 6.42 Å². The number of unbranched alkanes of at least 4 members (excludes halogenated alkanes) is 1. The number of rotatable bonds is 9. The van der Waals surface area contributed by atoms with Gasteiger partial charge in [-0.2, -0.15) is 13.2 Å². The third-order valence-corrected chi connectivity index (χ3v) is 2.92. The van der Waals surface area contributed by atoms with Crippen LogP contribution in [0, 0.1) is 0 Å². The number of hydrogen-bond donors (Lipinski definition) is 2. The normalized spacial score (nSPS) is 12.5. The molecule has 0 saturated carbocycles. The number of alkyl halides is 3. The minimum atomic E-state index is -4.07. The van der Waals surface area contributed by atoms with E-state index in [0.29, 0.717) is 32.0 Å². The lowest BCUT2D eigenvalue weighted by molar-refractivity contribution is -0.135. The molecule has 0 radical (unpaired) electrons. The Balaban J connectivity index is 2.22. The maximum Gasteiger partial charge on any atom is 0.389 e. The van der Waals surface area contributed by atoms with Gasteiger partial charge in [0.05, 0.1) is 6.26 Å². The molecule has 0 amide bonds. The Morgan fingerprint density at radius 1 is 1.23 bits per heavy atom. The summed E-state index contributed by atoms with van der Waals surface area (Å²) in [6, 6.07) is 3.73. The molecular formula is C15H24F3N3O. The Kier molecular flexibility index (Phi) is 8.47. The third kappa shape index (κ3) is 9.31. The second kappa shape index (κ2) is 10.1. The lowest BCUT2D eigenvalue weighted by Gasteiger charge is -2.12. The van der Waals surface area contributed by atoms with E-state index in [0.717, 1.165) is 18.6 Å². The Morgan fingerprint density at radius 2 is 2.00 bits per heavy atom. The van der Waals surface area contributed by atoms with E-state index in [4.69, 9.17) is 4.42 Å². The Labute approximate surface area is 129 Å². The molecule has 0 aliphatic carbocycles. The smallest absolute Gasteiger partial charge is 0.389 e. The number of guanidine groups is 1. The van der Waals surface area contributed by atoms with Crippen molar-refractivity contribution in [3.05, 3.63) is 24.2 Å². The van der Waals surface area contributed by atoms with Gasteiger partial charge in [0.2, 0.25) is 0 Å². The average molecular weight is 319 g/mol. The van der Waals surface area contributed by atoms with Gasteiger partial charge in [-0.05, 0) is 31.4 Å². The summed E-state index contributed by atoms with van der Waals surface area (Å²) in [6.45, 7) is 3.84. The van der Waals surface area contributed by atoms with Gasteiger partial charge < -0.3 is 15.1 Å². The second-order valence-corrected chi connectivity index (χ2v) is 4.99. The summed E-state index contributed by atoms with van der Waals surface area (Å²) < 4.78 is 41.4. The van der Waals surface area contributed by atoms with E-state index in [-0.39, 0.29) is 6.42 Å². The van der Waals surface area contributed by atoms with Crippen molar-refractivity contribution >= 4 is 5.96 Å². The van der Waals surface area contributed by atoms with Crippen LogP contribution in [0.3, 0.4) is 0 Å². The molecule has 1 aromatic rings. The molecule has 1 heterocycles. The molecule has 0 spiro atoms. The molecular weight excluding hydrogens is 295 g/mol. The van der Waals surface area contributed by atoms with Crippen LogP contribution in [0.5, 0.6) is 0 Å². The van der Waals surface area contributed by atoms with Gasteiger partial charge in [-0.15, -0.1) is 0 Å². The van der Waals surface area contributed by atoms with Crippen molar-refractivity contribution in [3.63, 3.8) is 0 Å². The van der Waals surface area contributed by atoms with Crippen LogP contribution in [0.25, 0.3) is 0 Å². The fraction of sp³-hybridized carbons (Fsp3) is 0.667. The zero-order valence-corrected chi connectivity index (χ0v) is 12.9. The first kappa shape index (κ1) is 18.4. The highest BCUT2D eigenvalue weighted by Crippen LogP contribution is 2.21. The Morgan fingerprint density at radius 3 is 2.64 bits per heavy atom. The monoisotopic (exact) mass is 319 g/mol. The van der Waals surface area contributed by atoms with Gasteiger partial charge in [0.25, 0.3) is 0 Å². The fourth-order valence-corrected chi connectivity index (χ4v) is 1.81. The molecule has 4 nitrogen and oxygen atoms in total. The summed E-state index contributed by atoms with van der Waals surface area (Å²) in [5.41, 5.74) is 0. The molecule has 0 aliphatic rings. The quantitative estimate of drug-likeness (QED) is 0.416. The van der Waals surface area contributed by atoms with Crippen molar-refractivity contribution in [2.24, 2.45) is 4.99 Å². The van der Waals surface area contributed by atoms with Crippen LogP contribution in [0.1, 0.15) is 38.4 Å². The first-order valence-corrected chi connectivity index (χ1v) is 7.62. The maximum atomic E-state index is 12.0. The lowest BCUT2D eigenvalue weighted by atomic mass is 10.2. The van der Waals surface area contributed by atoms with Gasteiger partial charge in [0.1, 0.15) is 5.76 Å². The fourth-order valence-electron chi connectivity index (χ4n) is 1.81. The summed E-state index contributed by atoms with van der Waals surface area (Å²) in [6.07, 6.45) is -0.940. The van der Waals surface area contributed by atoms with Crippen molar-refractivity contribution in [3.8, 4) is 0 Å². The predicted octanol–water partition coefficient (Wildman–Crippen LogP) is 3.50. The first-order valence-electron chi connectivity index (χ1n) is 7.62. The topological polar surface area (TPSA) is 49.6 Å². The zero-order valence-electron chi connectivity index (χ0n) is 12.9. The number of hydrogen-bond acceptors (Lipinski definition) is 2. The summed E-state index contributed by atoms with van der Waals surface area (Å²) in [4.78, 5) is 4.35. The lowest BCUT2D eigenvalue weighted by Crippen LogP contribution is -2.39. The molecule has 22 heavy (non-hydrogen) atoms. The van der Waals surface area contributed by atoms with E-state index in [1.807, 2.05) is 19.1 Å². The number of aliphatic imine (C=N–C) groups is 1. The van der Waals surface area contributed by atoms with Crippen LogP contribution in [0.2, 0.25) is 0 Å². The van der Waals surface area contributed by atoms with E-state index in [1.165, 1.54) is 0 Å². The molecule has 0 aliphatic heterocycles. The minimum Gasteiger partial charge on any atom is -0.469 e. The van der Waals surface area contributed by atoms with Crippen LogP contribution in [0.15, 0.2) is 27.8 Å². The highest BCUT2D eigenvalue weighted by atomic mass is 19.4. The molecule has 1 rings (SSSR count). The second-order valence-electron chi connectivity index (χ2n) is 4.99. The van der Waals surface area contributed by atoms with Crippen molar-refractivity contribution in [1.82, 2.24) is 10.6 Å². The summed E-state index contributed by atoms with van der Waals surface area (Å²) in [7, 11) is 0. The highest BCUT2D eigenvalue weighted by molar-refractivity contribution is 5.79. The van der Waals surface area contributed by atoms with Crippen LogP contribution < -0.4 is 10.6 Å². The number of furan rings is 1. The number of nitrogens with zero attached hydrogens (tertiary/aromatic N) is 1. The van der Waals surface area contributed by atoms with Crippen molar-refractivity contribution in [1.29, 1.82) is 0 Å². The van der Waals surface area contributed by atoms with Crippen molar-refractivity contribution in [2.45, 2.75) is 45.2 Å². The van der Waals surface area contributed by atoms with E-state index >= 15 is 0 Å². The SMILES string of the molecule is CCCN=C(NCCCCC(F)(F)F)NCCc1ccco1. The van der Waals surface area contributed by atoms with Gasteiger partial charge in [0.15, 0.2) is 5.96 Å². The molecule has 7 heteroatoms. The standard InChI is InChI=1S/C15H24F3N3O/c1-2-9-19-14(20-10-4-3-8-15(16,17)18)21-11-7-13-6-5-12-22-13/h5-6,12H,2-4,7-11H2,1H3,(H2,19,20,21). The highest BCUT2D eigenvalue weighted by Gasteiger charge is 2.25. The molecule has 1 aromatic heterocycles. The third-order valence-electron chi connectivity index (χ3n) is 2.92. The number of halogens is 3. The van der Waals surface area contributed by atoms with Crippen LogP contribution in [-0.4, -0.2) is 31.8 Å². The predicted molar refractivity (Wildman–Crippen MR) is 80.9 cm³/mol. The van der Waals surface area contributed by atoms with Crippen LogP contribution in [0.4, 0.5) is 13.2 Å². The summed E-state index contributed by atoms with van der Waals surface area (Å²) >= 11 is 0. The van der Waals surface area contributed by atoms with E-state index in [1.54, 1.807) is 6.26 Å².